The molecule has 0 aliphatic carbocycles. The van der Waals surface area contributed by atoms with Crippen molar-refractivity contribution in [2.45, 2.75) is 26.7 Å². The number of para-hydroxylation sites is 1. The molecule has 1 N–H and O–H groups in total. The minimum Gasteiger partial charge on any atom is -0.449 e. The molecule has 0 aliphatic rings. The lowest BCUT2D eigenvalue weighted by Crippen LogP contribution is -2.05. The standard InChI is InChI=1S/C12H16O3/c1-9(2)7-8-10-5-3-4-6-11(10)15-12(13)14/h3-6,9H,7-8H2,1-2H3,(H,13,14). The molecule has 0 spiro atoms. The summed E-state index contributed by atoms with van der Waals surface area (Å²) in [6, 6.07) is 7.26. The third kappa shape index (κ3) is 4.02. The van der Waals surface area contributed by atoms with E-state index in [1.165, 1.54) is 0 Å². The van der Waals surface area contributed by atoms with Crippen LogP contribution in [0, 0.1) is 5.92 Å². The first-order valence-electron chi connectivity index (χ1n) is 5.08. The highest BCUT2D eigenvalue weighted by Gasteiger charge is 2.07. The second-order valence-electron chi connectivity index (χ2n) is 3.91. The average molecular weight is 208 g/mol. The van der Waals surface area contributed by atoms with Crippen molar-refractivity contribution in [1.29, 1.82) is 0 Å². The van der Waals surface area contributed by atoms with Gasteiger partial charge < -0.3 is 9.84 Å². The molecule has 0 aliphatic heterocycles. The van der Waals surface area contributed by atoms with Crippen molar-refractivity contribution in [3.63, 3.8) is 0 Å². The second-order valence-corrected chi connectivity index (χ2v) is 3.91. The van der Waals surface area contributed by atoms with Gasteiger partial charge in [-0.05, 0) is 30.4 Å². The highest BCUT2D eigenvalue weighted by Crippen LogP contribution is 2.21. The second kappa shape index (κ2) is 5.39. The zero-order chi connectivity index (χ0) is 11.3. The predicted molar refractivity (Wildman–Crippen MR) is 58.3 cm³/mol. The van der Waals surface area contributed by atoms with Crippen molar-refractivity contribution >= 4 is 6.16 Å². The summed E-state index contributed by atoms with van der Waals surface area (Å²) in [5, 5.41) is 8.55. The summed E-state index contributed by atoms with van der Waals surface area (Å²) in [5.74, 6) is 1.05. The topological polar surface area (TPSA) is 46.5 Å². The van der Waals surface area contributed by atoms with Gasteiger partial charge in [0.15, 0.2) is 0 Å². The van der Waals surface area contributed by atoms with Gasteiger partial charge in [0.1, 0.15) is 5.75 Å². The van der Waals surface area contributed by atoms with Gasteiger partial charge in [-0.15, -0.1) is 0 Å². The molecule has 3 heteroatoms. The molecule has 0 unspecified atom stereocenters. The average Bonchev–Trinajstić information content (AvgIpc) is 2.15. The lowest BCUT2D eigenvalue weighted by Gasteiger charge is -2.08. The van der Waals surface area contributed by atoms with Crippen molar-refractivity contribution in [3.8, 4) is 5.75 Å². The summed E-state index contributed by atoms with van der Waals surface area (Å²) >= 11 is 0. The van der Waals surface area contributed by atoms with Gasteiger partial charge >= 0.3 is 6.16 Å². The minimum absolute atomic E-state index is 0.450. The van der Waals surface area contributed by atoms with E-state index in [4.69, 9.17) is 9.84 Å². The predicted octanol–water partition coefficient (Wildman–Crippen LogP) is 3.33. The number of rotatable bonds is 4. The lowest BCUT2D eigenvalue weighted by atomic mass is 10.0. The Bertz CT molecular complexity index is 331. The molecule has 0 aromatic heterocycles. The molecule has 0 radical (unpaired) electrons. The Morgan fingerprint density at radius 2 is 2.07 bits per heavy atom. The first kappa shape index (κ1) is 11.6. The fourth-order valence-electron chi connectivity index (χ4n) is 1.35. The van der Waals surface area contributed by atoms with Crippen LogP contribution in [0.4, 0.5) is 4.79 Å². The Labute approximate surface area is 89.7 Å². The largest absolute Gasteiger partial charge is 0.511 e. The van der Waals surface area contributed by atoms with Gasteiger partial charge in [0, 0.05) is 0 Å². The third-order valence-electron chi connectivity index (χ3n) is 2.16. The zero-order valence-corrected chi connectivity index (χ0v) is 9.06. The molecule has 15 heavy (non-hydrogen) atoms. The molecular weight excluding hydrogens is 192 g/mol. The van der Waals surface area contributed by atoms with Crippen LogP contribution in [0.5, 0.6) is 5.75 Å². The molecular formula is C12H16O3. The van der Waals surface area contributed by atoms with Crippen molar-refractivity contribution in [2.24, 2.45) is 5.92 Å². The van der Waals surface area contributed by atoms with E-state index in [1.54, 1.807) is 12.1 Å². The van der Waals surface area contributed by atoms with Gasteiger partial charge in [0.25, 0.3) is 0 Å². The number of ether oxygens (including phenoxy) is 1. The van der Waals surface area contributed by atoms with Crippen LogP contribution in [-0.4, -0.2) is 11.3 Å². The minimum atomic E-state index is -1.26. The van der Waals surface area contributed by atoms with Crippen LogP contribution >= 0.6 is 0 Å². The van der Waals surface area contributed by atoms with Crippen molar-refractivity contribution in [1.82, 2.24) is 0 Å². The monoisotopic (exact) mass is 208 g/mol. The SMILES string of the molecule is CC(C)CCc1ccccc1OC(=O)O. The van der Waals surface area contributed by atoms with E-state index < -0.39 is 6.16 Å². The molecule has 3 nitrogen and oxygen atoms in total. The third-order valence-corrected chi connectivity index (χ3v) is 2.16. The highest BCUT2D eigenvalue weighted by atomic mass is 16.7. The first-order chi connectivity index (χ1) is 7.09. The zero-order valence-electron chi connectivity index (χ0n) is 9.06. The van der Waals surface area contributed by atoms with E-state index in [-0.39, 0.29) is 0 Å². The van der Waals surface area contributed by atoms with Gasteiger partial charge in [0.05, 0.1) is 0 Å². The lowest BCUT2D eigenvalue weighted by molar-refractivity contribution is 0.144. The van der Waals surface area contributed by atoms with E-state index in [0.29, 0.717) is 11.7 Å². The van der Waals surface area contributed by atoms with Crippen molar-refractivity contribution in [3.05, 3.63) is 29.8 Å². The molecule has 82 valence electrons. The van der Waals surface area contributed by atoms with Crippen LogP contribution in [0.15, 0.2) is 24.3 Å². The number of aryl methyl sites for hydroxylation is 1. The molecule has 0 saturated carbocycles. The number of benzene rings is 1. The van der Waals surface area contributed by atoms with Crippen LogP contribution in [-0.2, 0) is 6.42 Å². The first-order valence-corrected chi connectivity index (χ1v) is 5.08. The van der Waals surface area contributed by atoms with E-state index >= 15 is 0 Å². The fraction of sp³-hybridized carbons (Fsp3) is 0.417. The molecule has 0 atom stereocenters. The summed E-state index contributed by atoms with van der Waals surface area (Å²) in [4.78, 5) is 10.4. The summed E-state index contributed by atoms with van der Waals surface area (Å²) in [5.41, 5.74) is 0.952. The Morgan fingerprint density at radius 1 is 1.40 bits per heavy atom. The van der Waals surface area contributed by atoms with Crippen LogP contribution in [0.25, 0.3) is 0 Å². The summed E-state index contributed by atoms with van der Waals surface area (Å²) in [6.07, 6.45) is 0.619. The normalized spacial score (nSPS) is 10.3. The maximum atomic E-state index is 10.4. The van der Waals surface area contributed by atoms with Gasteiger partial charge in [0.2, 0.25) is 0 Å². The molecule has 0 heterocycles. The van der Waals surface area contributed by atoms with Gasteiger partial charge in [-0.3, -0.25) is 0 Å². The maximum Gasteiger partial charge on any atom is 0.511 e. The van der Waals surface area contributed by atoms with E-state index in [1.807, 2.05) is 12.1 Å². The Balaban J connectivity index is 2.72. The number of hydrogen-bond donors (Lipinski definition) is 1. The Morgan fingerprint density at radius 3 is 2.67 bits per heavy atom. The van der Waals surface area contributed by atoms with Crippen molar-refractivity contribution in [2.75, 3.05) is 0 Å². The van der Waals surface area contributed by atoms with Crippen molar-refractivity contribution < 1.29 is 14.6 Å². The van der Waals surface area contributed by atoms with Crippen LogP contribution in [0.1, 0.15) is 25.8 Å². The van der Waals surface area contributed by atoms with E-state index in [2.05, 4.69) is 13.8 Å². The summed E-state index contributed by atoms with van der Waals surface area (Å²) < 4.78 is 4.69. The van der Waals surface area contributed by atoms with E-state index in [9.17, 15) is 4.79 Å². The summed E-state index contributed by atoms with van der Waals surface area (Å²) in [6.45, 7) is 4.28. The molecule has 1 aromatic rings. The van der Waals surface area contributed by atoms with Gasteiger partial charge in [-0.2, -0.15) is 0 Å². The molecule has 1 rings (SSSR count). The Kier molecular flexibility index (Phi) is 4.16. The van der Waals surface area contributed by atoms with Gasteiger partial charge in [-0.25, -0.2) is 4.79 Å². The number of carbonyl (C=O) groups is 1. The smallest absolute Gasteiger partial charge is 0.449 e. The van der Waals surface area contributed by atoms with Gasteiger partial charge in [-0.1, -0.05) is 32.0 Å². The number of hydrogen-bond acceptors (Lipinski definition) is 2. The maximum absolute atomic E-state index is 10.4. The molecule has 0 amide bonds. The highest BCUT2D eigenvalue weighted by molar-refractivity contribution is 5.62. The molecule has 0 fully saturated rings. The Hall–Kier alpha value is -1.51. The molecule has 0 bridgehead atoms. The molecule has 1 aromatic carbocycles. The molecule has 0 saturated heterocycles. The summed E-state index contributed by atoms with van der Waals surface area (Å²) in [7, 11) is 0. The van der Waals surface area contributed by atoms with Crippen LogP contribution in [0.3, 0.4) is 0 Å². The van der Waals surface area contributed by atoms with Crippen LogP contribution in [0.2, 0.25) is 0 Å². The van der Waals surface area contributed by atoms with E-state index in [0.717, 1.165) is 18.4 Å². The van der Waals surface area contributed by atoms with Crippen LogP contribution < -0.4 is 4.74 Å². The quantitative estimate of drug-likeness (QED) is 0.609. The fourth-order valence-corrected chi connectivity index (χ4v) is 1.35. The number of carboxylic acid groups (broad SMARTS) is 1.